The van der Waals surface area contributed by atoms with Crippen LogP contribution in [0.1, 0.15) is 27.8 Å². The molecule has 4 heteroatoms. The number of hydrogen-bond acceptors (Lipinski definition) is 2. The van der Waals surface area contributed by atoms with Gasteiger partial charge in [0.25, 0.3) is 10.0 Å². The topological polar surface area (TPSA) is 37.4 Å². The van der Waals surface area contributed by atoms with Gasteiger partial charge >= 0.3 is 0 Å². The van der Waals surface area contributed by atoms with Crippen molar-refractivity contribution >= 4 is 15.7 Å². The molecule has 0 bridgehead atoms. The summed E-state index contributed by atoms with van der Waals surface area (Å²) in [7, 11) is -3.84. The molecule has 3 aromatic carbocycles. The predicted molar refractivity (Wildman–Crippen MR) is 115 cm³/mol. The molecule has 3 nitrogen and oxygen atoms in total. The Kier molecular flexibility index (Phi) is 5.58. The fraction of sp³-hybridized carbons (Fsp3) is 0.167. The van der Waals surface area contributed by atoms with Crippen LogP contribution in [0.3, 0.4) is 0 Å². The van der Waals surface area contributed by atoms with E-state index in [1.54, 1.807) is 24.3 Å². The molecule has 0 radical (unpaired) electrons. The minimum atomic E-state index is -3.84. The molecular formula is C24H23NO2S. The number of hydrogen-bond donors (Lipinski definition) is 0. The molecule has 0 saturated carbocycles. The lowest BCUT2D eigenvalue weighted by atomic mass is 10.1. The molecule has 0 spiro atoms. The SMILES string of the molecule is Cc1ccc(S(=O)(=O)N(C#Cc2ccccc2)c2c(C)cc(C)cc2C)cc1. The number of nitrogens with zero attached hydrogens (tertiary/aromatic N) is 1. The smallest absolute Gasteiger partial charge is 0.200 e. The first kappa shape index (κ1) is 19.7. The van der Waals surface area contributed by atoms with Crippen molar-refractivity contribution in [1.29, 1.82) is 0 Å². The Morgan fingerprint density at radius 2 is 1.32 bits per heavy atom. The first-order chi connectivity index (χ1) is 13.3. The summed E-state index contributed by atoms with van der Waals surface area (Å²) in [6.07, 6.45) is 0. The number of sulfonamides is 1. The second-order valence-corrected chi connectivity index (χ2v) is 8.72. The Hall–Kier alpha value is -3.03. The van der Waals surface area contributed by atoms with Crippen molar-refractivity contribution in [3.05, 3.63) is 94.5 Å². The van der Waals surface area contributed by atoms with Gasteiger partial charge in [0.1, 0.15) is 0 Å². The van der Waals surface area contributed by atoms with Gasteiger partial charge in [-0.3, -0.25) is 0 Å². The van der Waals surface area contributed by atoms with Crippen molar-refractivity contribution < 1.29 is 8.42 Å². The highest BCUT2D eigenvalue weighted by Crippen LogP contribution is 2.30. The maximum atomic E-state index is 13.5. The molecule has 0 unspecified atom stereocenters. The quantitative estimate of drug-likeness (QED) is 0.460. The van der Waals surface area contributed by atoms with E-state index in [9.17, 15) is 8.42 Å². The van der Waals surface area contributed by atoms with Crippen molar-refractivity contribution in [2.24, 2.45) is 0 Å². The molecule has 0 atom stereocenters. The van der Waals surface area contributed by atoms with Crippen molar-refractivity contribution in [1.82, 2.24) is 0 Å². The maximum Gasteiger partial charge on any atom is 0.275 e. The minimum Gasteiger partial charge on any atom is -0.200 e. The second kappa shape index (κ2) is 7.92. The lowest BCUT2D eigenvalue weighted by molar-refractivity contribution is 0.596. The van der Waals surface area contributed by atoms with E-state index in [1.165, 1.54) is 4.31 Å². The van der Waals surface area contributed by atoms with E-state index in [1.807, 2.05) is 70.2 Å². The largest absolute Gasteiger partial charge is 0.275 e. The van der Waals surface area contributed by atoms with Crippen LogP contribution in [0.5, 0.6) is 0 Å². The van der Waals surface area contributed by atoms with Crippen LogP contribution in [-0.4, -0.2) is 8.42 Å². The van der Waals surface area contributed by atoms with E-state index in [0.717, 1.165) is 27.8 Å². The summed E-state index contributed by atoms with van der Waals surface area (Å²) in [5.74, 6) is 3.00. The zero-order chi connectivity index (χ0) is 20.3. The predicted octanol–water partition coefficient (Wildman–Crippen LogP) is 5.12. The highest BCUT2D eigenvalue weighted by atomic mass is 32.2. The van der Waals surface area contributed by atoms with Crippen LogP contribution in [-0.2, 0) is 10.0 Å². The minimum absolute atomic E-state index is 0.222. The van der Waals surface area contributed by atoms with Gasteiger partial charge in [-0.25, -0.2) is 8.42 Å². The van der Waals surface area contributed by atoms with Crippen molar-refractivity contribution in [3.63, 3.8) is 0 Å². The molecule has 142 valence electrons. The molecule has 0 aliphatic heterocycles. The summed E-state index contributed by atoms with van der Waals surface area (Å²) in [5, 5.41) is 0. The highest BCUT2D eigenvalue weighted by molar-refractivity contribution is 7.93. The Morgan fingerprint density at radius 3 is 1.89 bits per heavy atom. The van der Waals surface area contributed by atoms with Crippen LogP contribution in [0.4, 0.5) is 5.69 Å². The van der Waals surface area contributed by atoms with E-state index in [0.29, 0.717) is 5.69 Å². The first-order valence-corrected chi connectivity index (χ1v) is 10.5. The maximum absolute atomic E-state index is 13.5. The van der Waals surface area contributed by atoms with E-state index in [-0.39, 0.29) is 4.90 Å². The van der Waals surface area contributed by atoms with Gasteiger partial charge < -0.3 is 0 Å². The molecule has 0 heterocycles. The third-order valence-electron chi connectivity index (χ3n) is 4.47. The molecule has 3 aromatic rings. The average molecular weight is 390 g/mol. The summed E-state index contributed by atoms with van der Waals surface area (Å²) < 4.78 is 28.2. The molecule has 0 aliphatic rings. The van der Waals surface area contributed by atoms with E-state index >= 15 is 0 Å². The zero-order valence-corrected chi connectivity index (χ0v) is 17.3. The van der Waals surface area contributed by atoms with E-state index in [2.05, 4.69) is 12.0 Å². The molecule has 3 rings (SSSR count). The average Bonchev–Trinajstić information content (AvgIpc) is 2.64. The van der Waals surface area contributed by atoms with Gasteiger partial charge in [0.2, 0.25) is 0 Å². The second-order valence-electron chi connectivity index (χ2n) is 6.93. The molecular weight excluding hydrogens is 366 g/mol. The Morgan fingerprint density at radius 1 is 0.750 bits per heavy atom. The lowest BCUT2D eigenvalue weighted by Gasteiger charge is -2.22. The Bertz CT molecular complexity index is 1130. The Labute approximate surface area is 167 Å². The van der Waals surface area contributed by atoms with Gasteiger partial charge in [0, 0.05) is 11.6 Å². The molecule has 0 aromatic heterocycles. The van der Waals surface area contributed by atoms with Crippen LogP contribution in [0, 0.1) is 39.7 Å². The first-order valence-electron chi connectivity index (χ1n) is 9.05. The van der Waals surface area contributed by atoms with Gasteiger partial charge in [-0.15, -0.1) is 0 Å². The summed E-state index contributed by atoms with van der Waals surface area (Å²) in [6, 6.07) is 23.1. The van der Waals surface area contributed by atoms with Crippen molar-refractivity contribution in [2.45, 2.75) is 32.6 Å². The van der Waals surface area contributed by atoms with Crippen LogP contribution in [0.2, 0.25) is 0 Å². The van der Waals surface area contributed by atoms with Crippen molar-refractivity contribution in [2.75, 3.05) is 4.31 Å². The molecule has 0 saturated heterocycles. The molecule has 0 aliphatic carbocycles. The number of anilines is 1. The van der Waals surface area contributed by atoms with Gasteiger partial charge in [-0.05, 0) is 69.0 Å². The normalized spacial score (nSPS) is 10.9. The monoisotopic (exact) mass is 389 g/mol. The number of aryl methyl sites for hydroxylation is 4. The van der Waals surface area contributed by atoms with Gasteiger partial charge in [-0.1, -0.05) is 53.6 Å². The third kappa shape index (κ3) is 4.11. The molecule has 0 amide bonds. The summed E-state index contributed by atoms with van der Waals surface area (Å²) >= 11 is 0. The van der Waals surface area contributed by atoms with Gasteiger partial charge in [0.15, 0.2) is 0 Å². The van der Waals surface area contributed by atoms with Crippen LogP contribution in [0.25, 0.3) is 0 Å². The molecule has 0 N–H and O–H groups in total. The molecule has 0 fully saturated rings. The fourth-order valence-electron chi connectivity index (χ4n) is 3.18. The Balaban J connectivity index is 2.21. The van der Waals surface area contributed by atoms with Crippen LogP contribution < -0.4 is 4.31 Å². The summed E-state index contributed by atoms with van der Waals surface area (Å²) in [6.45, 7) is 7.75. The van der Waals surface area contributed by atoms with Gasteiger partial charge in [0.05, 0.1) is 10.6 Å². The fourth-order valence-corrected chi connectivity index (χ4v) is 4.57. The zero-order valence-electron chi connectivity index (χ0n) is 16.5. The summed E-state index contributed by atoms with van der Waals surface area (Å²) in [4.78, 5) is 0.222. The molecule has 28 heavy (non-hydrogen) atoms. The van der Waals surface area contributed by atoms with Crippen LogP contribution in [0.15, 0.2) is 71.6 Å². The van der Waals surface area contributed by atoms with Gasteiger partial charge in [-0.2, -0.15) is 4.31 Å². The van der Waals surface area contributed by atoms with Crippen molar-refractivity contribution in [3.8, 4) is 12.0 Å². The summed E-state index contributed by atoms with van der Waals surface area (Å²) in [5.41, 5.74) is 5.20. The third-order valence-corrected chi connectivity index (χ3v) is 6.10. The highest BCUT2D eigenvalue weighted by Gasteiger charge is 2.26. The number of benzene rings is 3. The van der Waals surface area contributed by atoms with E-state index in [4.69, 9.17) is 0 Å². The standard InChI is InChI=1S/C24H23NO2S/c1-18-10-12-23(13-11-18)28(26,27)25(15-14-22-8-6-5-7-9-22)24-20(3)16-19(2)17-21(24)4/h5-13,16-17H,1-4H3. The number of rotatable bonds is 3. The van der Waals surface area contributed by atoms with Crippen LogP contribution >= 0.6 is 0 Å². The van der Waals surface area contributed by atoms with E-state index < -0.39 is 10.0 Å². The lowest BCUT2D eigenvalue weighted by Crippen LogP contribution is -2.27.